The van der Waals surface area contributed by atoms with E-state index < -0.39 is 0 Å². The molecule has 3 heteroatoms. The van der Waals surface area contributed by atoms with Gasteiger partial charge in [-0.15, -0.1) is 0 Å². The van der Waals surface area contributed by atoms with Crippen molar-refractivity contribution in [2.24, 2.45) is 0 Å². The van der Waals surface area contributed by atoms with Gasteiger partial charge in [0.05, 0.1) is 11.6 Å². The molecule has 0 fully saturated rings. The van der Waals surface area contributed by atoms with E-state index in [-0.39, 0.29) is 0 Å². The molecule has 0 saturated carbocycles. The molecule has 3 nitrogen and oxygen atoms in total. The highest BCUT2D eigenvalue weighted by atomic mass is 16.4. The molecule has 0 aliphatic carbocycles. The van der Waals surface area contributed by atoms with Gasteiger partial charge < -0.3 is 8.83 Å². The number of nitriles is 1. The van der Waals surface area contributed by atoms with Crippen molar-refractivity contribution in [2.45, 2.75) is 6.92 Å². The smallest absolute Gasteiger partial charge is 0.171 e. The molecule has 1 aromatic heterocycles. The first-order chi connectivity index (χ1) is 15.2. The Balaban J connectivity index is 2.00. The van der Waals surface area contributed by atoms with Crippen LogP contribution in [0.3, 0.4) is 0 Å². The fraction of sp³-hybridized carbons (Fsp3) is 0.0357. The van der Waals surface area contributed by atoms with Crippen LogP contribution in [0, 0.1) is 18.3 Å². The van der Waals surface area contributed by atoms with Crippen molar-refractivity contribution in [2.75, 3.05) is 0 Å². The first-order valence-corrected chi connectivity index (χ1v) is 10.2. The summed E-state index contributed by atoms with van der Waals surface area (Å²) >= 11 is 0. The van der Waals surface area contributed by atoms with Crippen molar-refractivity contribution >= 4 is 54.6 Å². The van der Waals surface area contributed by atoms with Crippen molar-refractivity contribution < 1.29 is 8.83 Å². The lowest BCUT2D eigenvalue weighted by Crippen LogP contribution is -1.85. The molecule has 6 rings (SSSR count). The van der Waals surface area contributed by atoms with Gasteiger partial charge in [0.15, 0.2) is 11.2 Å². The van der Waals surface area contributed by atoms with Gasteiger partial charge in [-0.2, -0.15) is 5.26 Å². The van der Waals surface area contributed by atoms with Gasteiger partial charge in [-0.05, 0) is 52.2 Å². The third-order valence-corrected chi connectivity index (χ3v) is 5.88. The van der Waals surface area contributed by atoms with Crippen LogP contribution >= 0.6 is 0 Å². The average Bonchev–Trinajstić information content (AvgIpc) is 2.79. The normalized spacial score (nSPS) is 11.4. The lowest BCUT2D eigenvalue weighted by molar-refractivity contribution is 0.618. The van der Waals surface area contributed by atoms with E-state index in [0.29, 0.717) is 16.7 Å². The van der Waals surface area contributed by atoms with Crippen LogP contribution in [0.2, 0.25) is 0 Å². The molecule has 5 aromatic carbocycles. The Morgan fingerprint density at radius 2 is 1.13 bits per heavy atom. The second-order valence-electron chi connectivity index (χ2n) is 7.75. The largest absolute Gasteiger partial charge is 0.453 e. The average molecular weight is 399 g/mol. The molecule has 0 unspecified atom stereocenters. The fourth-order valence-corrected chi connectivity index (χ4v) is 4.37. The summed E-state index contributed by atoms with van der Waals surface area (Å²) in [5.74, 6) is 0. The Labute approximate surface area is 178 Å². The van der Waals surface area contributed by atoms with Crippen molar-refractivity contribution in [3.05, 3.63) is 96.1 Å². The molecule has 146 valence electrons. The summed E-state index contributed by atoms with van der Waals surface area (Å²) in [6.07, 6.45) is 0. The molecular weight excluding hydrogens is 382 g/mol. The van der Waals surface area contributed by atoms with E-state index in [2.05, 4.69) is 42.5 Å². The molecule has 0 bridgehead atoms. The summed E-state index contributed by atoms with van der Waals surface area (Å²) in [5, 5.41) is 16.0. The maximum absolute atomic E-state index is 9.51. The molecule has 0 radical (unpaired) electrons. The van der Waals surface area contributed by atoms with Crippen LogP contribution in [0.15, 0.2) is 93.8 Å². The zero-order chi connectivity index (χ0) is 20.9. The molecule has 1 heterocycles. The lowest BCUT2D eigenvalue weighted by Gasteiger charge is -2.10. The Hall–Kier alpha value is -4.29. The first kappa shape index (κ1) is 17.6. The van der Waals surface area contributed by atoms with Gasteiger partial charge in [-0.25, -0.2) is 0 Å². The molecule has 0 aliphatic rings. The van der Waals surface area contributed by atoms with Crippen LogP contribution in [0.4, 0.5) is 0 Å². The van der Waals surface area contributed by atoms with Crippen molar-refractivity contribution in [1.82, 2.24) is 0 Å². The van der Waals surface area contributed by atoms with Gasteiger partial charge in [0.1, 0.15) is 11.2 Å². The Morgan fingerprint density at radius 3 is 1.68 bits per heavy atom. The second kappa shape index (κ2) is 6.62. The number of nitrogens with zero attached hydrogens (tertiary/aromatic N) is 1. The number of hydrogen-bond donors (Lipinski definition) is 0. The van der Waals surface area contributed by atoms with Crippen molar-refractivity contribution in [1.29, 1.82) is 5.26 Å². The third kappa shape index (κ3) is 2.66. The van der Waals surface area contributed by atoms with Gasteiger partial charge in [-0.3, -0.25) is 0 Å². The number of hydrogen-bond acceptors (Lipinski definition) is 3. The Bertz CT molecular complexity index is 1760. The molecule has 0 aliphatic heterocycles. The number of aryl methyl sites for hydroxylation is 1. The Morgan fingerprint density at radius 1 is 0.613 bits per heavy atom. The van der Waals surface area contributed by atoms with Gasteiger partial charge in [0.2, 0.25) is 0 Å². The van der Waals surface area contributed by atoms with Gasteiger partial charge in [-0.1, -0.05) is 60.7 Å². The summed E-state index contributed by atoms with van der Waals surface area (Å²) < 4.78 is 12.9. The van der Waals surface area contributed by atoms with Gasteiger partial charge in [0.25, 0.3) is 0 Å². The number of benzene rings is 5. The van der Waals surface area contributed by atoms with E-state index in [0.717, 1.165) is 49.0 Å². The molecule has 31 heavy (non-hydrogen) atoms. The van der Waals surface area contributed by atoms with Crippen LogP contribution in [0.5, 0.6) is 0 Å². The van der Waals surface area contributed by atoms with Crippen LogP contribution < -0.4 is 0 Å². The van der Waals surface area contributed by atoms with E-state index in [4.69, 9.17) is 8.83 Å². The minimum atomic E-state index is 0.539. The maximum Gasteiger partial charge on any atom is 0.171 e. The van der Waals surface area contributed by atoms with Crippen LogP contribution in [0.1, 0.15) is 11.1 Å². The zero-order valence-electron chi connectivity index (χ0n) is 16.8. The summed E-state index contributed by atoms with van der Waals surface area (Å²) in [6.45, 7) is 1.91. The topological polar surface area (TPSA) is 50.1 Å². The number of rotatable bonds is 0. The van der Waals surface area contributed by atoms with E-state index in [1.54, 1.807) is 6.07 Å². The maximum atomic E-state index is 9.51. The third-order valence-electron chi connectivity index (χ3n) is 5.88. The summed E-state index contributed by atoms with van der Waals surface area (Å²) in [4.78, 5) is 0. The second-order valence-corrected chi connectivity index (χ2v) is 7.75. The van der Waals surface area contributed by atoms with Crippen molar-refractivity contribution in [3.8, 4) is 6.07 Å². The fourth-order valence-electron chi connectivity index (χ4n) is 4.37. The predicted molar refractivity (Wildman–Crippen MR) is 126 cm³/mol. The lowest BCUT2D eigenvalue weighted by atomic mass is 9.98. The summed E-state index contributed by atoms with van der Waals surface area (Å²) in [5.41, 5.74) is 4.08. The van der Waals surface area contributed by atoms with E-state index in [9.17, 15) is 5.26 Å². The highest BCUT2D eigenvalue weighted by Gasteiger charge is 2.12. The van der Waals surface area contributed by atoms with Crippen LogP contribution in [0.25, 0.3) is 54.6 Å². The quantitative estimate of drug-likeness (QED) is 0.260. The van der Waals surface area contributed by atoms with Crippen LogP contribution in [-0.4, -0.2) is 0 Å². The standard InChI is InChI=1S/C28H17NO2/c1-17-14-25-26(15-20(17)16-29)31-24-13-11-19-7-3-5-9-22(19)28(24)27-21-8-4-2-6-18(21)10-12-23(27)30-25/h2-15H,1H3. The van der Waals surface area contributed by atoms with Crippen molar-refractivity contribution in [3.63, 3.8) is 0 Å². The minimum absolute atomic E-state index is 0.539. The first-order valence-electron chi connectivity index (χ1n) is 10.2. The SMILES string of the molecule is Cc1cc2oc3ccc4ccccc4c3c3c(ccc4ccccc43)oc2cc1C#N. The molecule has 0 amide bonds. The number of fused-ring (bicyclic) bond motifs is 8. The van der Waals surface area contributed by atoms with Crippen LogP contribution in [-0.2, 0) is 0 Å². The van der Waals surface area contributed by atoms with E-state index in [1.807, 2.05) is 49.4 Å². The molecule has 0 spiro atoms. The highest BCUT2D eigenvalue weighted by Crippen LogP contribution is 2.36. The Kier molecular flexibility index (Phi) is 3.75. The summed E-state index contributed by atoms with van der Waals surface area (Å²) in [6, 6.07) is 30.7. The molecule has 6 aromatic rings. The van der Waals surface area contributed by atoms with E-state index in [1.165, 1.54) is 0 Å². The zero-order valence-corrected chi connectivity index (χ0v) is 16.8. The van der Waals surface area contributed by atoms with Gasteiger partial charge in [0, 0.05) is 16.8 Å². The molecule has 0 N–H and O–H groups in total. The monoisotopic (exact) mass is 399 g/mol. The highest BCUT2D eigenvalue weighted by molar-refractivity contribution is 6.24. The molecular formula is C28H17NO2. The molecule has 0 atom stereocenters. The summed E-state index contributed by atoms with van der Waals surface area (Å²) in [7, 11) is 0. The predicted octanol–water partition coefficient (Wildman–Crippen LogP) is 7.94. The molecule has 0 saturated heterocycles. The van der Waals surface area contributed by atoms with E-state index >= 15 is 0 Å². The van der Waals surface area contributed by atoms with Gasteiger partial charge >= 0.3 is 0 Å². The minimum Gasteiger partial charge on any atom is -0.453 e.